The third kappa shape index (κ3) is 5.52. The van der Waals surface area contributed by atoms with Crippen LogP contribution in [0.4, 0.5) is 10.5 Å². The number of carbonyl (C=O) groups is 1. The minimum atomic E-state index is -3.74. The molecule has 2 aromatic rings. The van der Waals surface area contributed by atoms with Gasteiger partial charge in [-0.2, -0.15) is 0 Å². The second-order valence-corrected chi connectivity index (χ2v) is 10.3. The maximum atomic E-state index is 12.8. The number of anilines is 1. The summed E-state index contributed by atoms with van der Waals surface area (Å²) in [5.74, 6) is 0.559. The second kappa shape index (κ2) is 9.65. The molecule has 1 saturated heterocycles. The van der Waals surface area contributed by atoms with Gasteiger partial charge in [0, 0.05) is 40.2 Å². The summed E-state index contributed by atoms with van der Waals surface area (Å²) < 4.78 is 34.6. The van der Waals surface area contributed by atoms with E-state index in [-0.39, 0.29) is 23.5 Å². The first-order valence-corrected chi connectivity index (χ1v) is 12.1. The SMILES string of the molecule is COc1cccc(N(C[C@H]2C[C@@H](NS(=O)(=O)c3cc(Br)ccc3Br)CN2)C(=O)O)c1. The zero-order chi connectivity index (χ0) is 21.9. The molecule has 162 valence electrons. The summed E-state index contributed by atoms with van der Waals surface area (Å²) in [6, 6.07) is 11.2. The molecule has 30 heavy (non-hydrogen) atoms. The Kier molecular flexibility index (Phi) is 7.40. The van der Waals surface area contributed by atoms with Gasteiger partial charge in [-0.1, -0.05) is 22.0 Å². The van der Waals surface area contributed by atoms with Gasteiger partial charge < -0.3 is 15.2 Å². The Balaban J connectivity index is 1.68. The van der Waals surface area contributed by atoms with Crippen LogP contribution in [0.15, 0.2) is 56.3 Å². The molecular weight excluding hydrogens is 542 g/mol. The lowest BCUT2D eigenvalue weighted by atomic mass is 10.1. The number of carboxylic acid groups (broad SMARTS) is 1. The Morgan fingerprint density at radius 2 is 2.07 bits per heavy atom. The normalized spacial score (nSPS) is 18.9. The Morgan fingerprint density at radius 1 is 1.30 bits per heavy atom. The molecule has 2 atom stereocenters. The molecule has 11 heteroatoms. The summed E-state index contributed by atoms with van der Waals surface area (Å²) in [5, 5.41) is 12.9. The van der Waals surface area contributed by atoms with Crippen LogP contribution in [-0.2, 0) is 10.0 Å². The van der Waals surface area contributed by atoms with Crippen molar-refractivity contribution in [3.8, 4) is 5.75 Å². The van der Waals surface area contributed by atoms with Gasteiger partial charge in [-0.15, -0.1) is 0 Å². The first-order chi connectivity index (χ1) is 14.2. The highest BCUT2D eigenvalue weighted by Gasteiger charge is 2.31. The third-order valence-electron chi connectivity index (χ3n) is 4.73. The summed E-state index contributed by atoms with van der Waals surface area (Å²) in [6.45, 7) is 0.586. The molecule has 3 rings (SSSR count). The van der Waals surface area contributed by atoms with Gasteiger partial charge in [0.25, 0.3) is 0 Å². The maximum absolute atomic E-state index is 12.8. The van der Waals surface area contributed by atoms with Crippen LogP contribution in [-0.4, -0.2) is 51.9 Å². The largest absolute Gasteiger partial charge is 0.497 e. The minimum Gasteiger partial charge on any atom is -0.497 e. The third-order valence-corrected chi connectivity index (χ3v) is 7.73. The number of hydrogen-bond acceptors (Lipinski definition) is 5. The summed E-state index contributed by atoms with van der Waals surface area (Å²) in [6.07, 6.45) is -0.634. The van der Waals surface area contributed by atoms with Crippen LogP contribution in [0.1, 0.15) is 6.42 Å². The summed E-state index contributed by atoms with van der Waals surface area (Å²) in [7, 11) is -2.22. The highest BCUT2D eigenvalue weighted by atomic mass is 79.9. The first-order valence-electron chi connectivity index (χ1n) is 9.05. The number of methoxy groups -OCH3 is 1. The van der Waals surface area contributed by atoms with Gasteiger partial charge >= 0.3 is 6.09 Å². The van der Waals surface area contributed by atoms with Crippen molar-refractivity contribution < 1.29 is 23.1 Å². The van der Waals surface area contributed by atoms with Gasteiger partial charge in [-0.3, -0.25) is 4.90 Å². The van der Waals surface area contributed by atoms with E-state index in [9.17, 15) is 18.3 Å². The van der Waals surface area contributed by atoms with Crippen LogP contribution in [0.2, 0.25) is 0 Å². The lowest BCUT2D eigenvalue weighted by Gasteiger charge is -2.23. The predicted molar refractivity (Wildman–Crippen MR) is 121 cm³/mol. The number of halogens is 2. The monoisotopic (exact) mass is 561 g/mol. The zero-order valence-corrected chi connectivity index (χ0v) is 20.0. The van der Waals surface area contributed by atoms with Crippen LogP contribution in [0.25, 0.3) is 0 Å². The van der Waals surface area contributed by atoms with E-state index in [1.54, 1.807) is 36.4 Å². The minimum absolute atomic E-state index is 0.142. The molecule has 2 aromatic carbocycles. The van der Waals surface area contributed by atoms with E-state index < -0.39 is 16.1 Å². The van der Waals surface area contributed by atoms with Crippen LogP contribution in [0.3, 0.4) is 0 Å². The zero-order valence-electron chi connectivity index (χ0n) is 16.0. The van der Waals surface area contributed by atoms with Crippen LogP contribution in [0, 0.1) is 0 Å². The van der Waals surface area contributed by atoms with E-state index in [1.165, 1.54) is 18.1 Å². The Labute approximate surface area is 191 Å². The smallest absolute Gasteiger partial charge is 0.411 e. The highest BCUT2D eigenvalue weighted by molar-refractivity contribution is 9.11. The molecule has 0 spiro atoms. The summed E-state index contributed by atoms with van der Waals surface area (Å²) >= 11 is 6.56. The molecule has 8 nitrogen and oxygen atoms in total. The number of ether oxygens (including phenoxy) is 1. The van der Waals surface area contributed by atoms with Crippen LogP contribution in [0.5, 0.6) is 5.75 Å². The number of nitrogens with one attached hydrogen (secondary N) is 2. The molecule has 0 saturated carbocycles. The van der Waals surface area contributed by atoms with Crippen molar-refractivity contribution in [2.75, 3.05) is 25.1 Å². The summed E-state index contributed by atoms with van der Waals surface area (Å²) in [4.78, 5) is 13.2. The Hall–Kier alpha value is -1.66. The molecule has 0 unspecified atom stereocenters. The lowest BCUT2D eigenvalue weighted by molar-refractivity contribution is 0.201. The van der Waals surface area contributed by atoms with E-state index in [4.69, 9.17) is 4.74 Å². The first kappa shape index (κ1) is 23.0. The molecule has 0 aliphatic carbocycles. The number of hydrogen-bond donors (Lipinski definition) is 3. The van der Waals surface area contributed by atoms with E-state index in [2.05, 4.69) is 41.9 Å². The second-order valence-electron chi connectivity index (χ2n) is 6.83. The number of nitrogens with zero attached hydrogens (tertiary/aromatic N) is 1. The van der Waals surface area contributed by atoms with Gasteiger partial charge in [0.05, 0.1) is 17.7 Å². The van der Waals surface area contributed by atoms with Crippen molar-refractivity contribution in [3.63, 3.8) is 0 Å². The maximum Gasteiger partial charge on any atom is 0.411 e. The van der Waals surface area contributed by atoms with Gasteiger partial charge in [0.1, 0.15) is 5.75 Å². The fraction of sp³-hybridized carbons (Fsp3) is 0.316. The molecule has 1 amide bonds. The Bertz CT molecular complexity index is 1030. The summed E-state index contributed by atoms with van der Waals surface area (Å²) in [5.41, 5.74) is 0.491. The topological polar surface area (TPSA) is 108 Å². The van der Waals surface area contributed by atoms with E-state index in [1.807, 2.05) is 0 Å². The average molecular weight is 563 g/mol. The molecule has 1 aliphatic rings. The fourth-order valence-electron chi connectivity index (χ4n) is 3.31. The predicted octanol–water partition coefficient (Wildman–Crippen LogP) is 3.41. The van der Waals surface area contributed by atoms with Crippen molar-refractivity contribution in [2.45, 2.75) is 23.4 Å². The lowest BCUT2D eigenvalue weighted by Crippen LogP contribution is -2.40. The standard InChI is InChI=1S/C19H21Br2N3O5S/c1-29-16-4-2-3-15(9-16)24(19(25)26)11-14-8-13(10-22-14)23-30(27,28)18-7-12(20)5-6-17(18)21/h2-7,9,13-14,22-23H,8,10-11H2,1H3,(H,25,26)/t13-,14-/m1/s1. The molecule has 0 radical (unpaired) electrons. The average Bonchev–Trinajstić information content (AvgIpc) is 3.14. The number of benzene rings is 2. The fourth-order valence-corrected chi connectivity index (χ4v) is 6.06. The number of sulfonamides is 1. The van der Waals surface area contributed by atoms with Gasteiger partial charge in [-0.25, -0.2) is 17.9 Å². The van der Waals surface area contributed by atoms with Gasteiger partial charge in [0.15, 0.2) is 0 Å². The van der Waals surface area contributed by atoms with Gasteiger partial charge in [-0.05, 0) is 52.7 Å². The molecule has 1 heterocycles. The van der Waals surface area contributed by atoms with E-state index >= 15 is 0 Å². The van der Waals surface area contributed by atoms with Crippen LogP contribution >= 0.6 is 31.9 Å². The van der Waals surface area contributed by atoms with E-state index in [0.717, 1.165) is 0 Å². The van der Waals surface area contributed by atoms with Gasteiger partial charge in [0.2, 0.25) is 10.0 Å². The van der Waals surface area contributed by atoms with Crippen molar-refractivity contribution in [2.24, 2.45) is 0 Å². The van der Waals surface area contributed by atoms with E-state index in [0.29, 0.717) is 33.3 Å². The molecule has 0 aromatic heterocycles. The molecule has 1 aliphatic heterocycles. The quantitative estimate of drug-likeness (QED) is 0.477. The highest BCUT2D eigenvalue weighted by Crippen LogP contribution is 2.27. The molecule has 3 N–H and O–H groups in total. The Morgan fingerprint density at radius 3 is 2.77 bits per heavy atom. The molecule has 1 fully saturated rings. The molecule has 0 bridgehead atoms. The molecular formula is C19H21Br2N3O5S. The number of rotatable bonds is 7. The number of amides is 1. The van der Waals surface area contributed by atoms with Crippen molar-refractivity contribution in [1.82, 2.24) is 10.0 Å². The van der Waals surface area contributed by atoms with Crippen molar-refractivity contribution in [1.29, 1.82) is 0 Å². The van der Waals surface area contributed by atoms with Crippen molar-refractivity contribution >= 4 is 53.7 Å². The van der Waals surface area contributed by atoms with Crippen molar-refractivity contribution in [3.05, 3.63) is 51.4 Å². The van der Waals surface area contributed by atoms with Crippen LogP contribution < -0.4 is 19.7 Å².